The number of benzene rings is 3. The Labute approximate surface area is 194 Å². The molecule has 0 aliphatic carbocycles. The van der Waals surface area contributed by atoms with Gasteiger partial charge in [0.05, 0.1) is 10.9 Å². The summed E-state index contributed by atoms with van der Waals surface area (Å²) in [4.78, 5) is 13.3. The van der Waals surface area contributed by atoms with E-state index in [1.54, 1.807) is 6.07 Å². The molecule has 166 valence electrons. The van der Waals surface area contributed by atoms with Gasteiger partial charge in [0.2, 0.25) is 0 Å². The van der Waals surface area contributed by atoms with Crippen LogP contribution in [0.1, 0.15) is 30.5 Å². The van der Waals surface area contributed by atoms with Crippen molar-refractivity contribution in [1.29, 1.82) is 0 Å². The van der Waals surface area contributed by atoms with Gasteiger partial charge in [0.25, 0.3) is 0 Å². The normalized spacial score (nSPS) is 11.1. The van der Waals surface area contributed by atoms with Crippen LogP contribution in [0.15, 0.2) is 99.7 Å². The zero-order valence-corrected chi connectivity index (χ0v) is 19.3. The summed E-state index contributed by atoms with van der Waals surface area (Å²) in [7, 11) is 0. The van der Waals surface area contributed by atoms with E-state index < -0.39 is 0 Å². The van der Waals surface area contributed by atoms with Crippen LogP contribution in [0.25, 0.3) is 28.4 Å². The molecule has 0 unspecified atom stereocenters. The Bertz CT molecular complexity index is 1360. The van der Waals surface area contributed by atoms with Gasteiger partial charge in [-0.2, -0.15) is 0 Å². The zero-order chi connectivity index (χ0) is 23.2. The van der Waals surface area contributed by atoms with Gasteiger partial charge in [-0.15, -0.1) is 0 Å². The Hall–Kier alpha value is -3.85. The number of fused-ring (bicyclic) bond motifs is 1. The summed E-state index contributed by atoms with van der Waals surface area (Å²) >= 11 is 0. The SMILES string of the molecule is CC(C)=CCOc1ccc2c(=O)c(C)c(-c3ccccc3)oc2c1C=CCc1ccccc1. The van der Waals surface area contributed by atoms with E-state index >= 15 is 0 Å². The maximum absolute atomic E-state index is 13.3. The van der Waals surface area contributed by atoms with Gasteiger partial charge in [0.15, 0.2) is 5.43 Å². The fourth-order valence-electron chi connectivity index (χ4n) is 3.73. The highest BCUT2D eigenvalue weighted by Gasteiger charge is 2.17. The van der Waals surface area contributed by atoms with Gasteiger partial charge in [-0.1, -0.05) is 78.4 Å². The van der Waals surface area contributed by atoms with Gasteiger partial charge in [-0.05, 0) is 51.0 Å². The summed E-state index contributed by atoms with van der Waals surface area (Å²) in [5, 5.41) is 0.557. The summed E-state index contributed by atoms with van der Waals surface area (Å²) in [5.74, 6) is 1.28. The fraction of sp³-hybridized carbons (Fsp3) is 0.167. The fourth-order valence-corrected chi connectivity index (χ4v) is 3.73. The first-order chi connectivity index (χ1) is 16.0. The van der Waals surface area contributed by atoms with Crippen molar-refractivity contribution in [3.05, 3.63) is 117 Å². The molecule has 0 aliphatic rings. The summed E-state index contributed by atoms with van der Waals surface area (Å²) in [6, 6.07) is 23.7. The molecule has 0 N–H and O–H groups in total. The Morgan fingerprint density at radius 1 is 0.939 bits per heavy atom. The van der Waals surface area contributed by atoms with Crippen LogP contribution in [0, 0.1) is 6.92 Å². The monoisotopic (exact) mass is 436 g/mol. The van der Waals surface area contributed by atoms with E-state index in [9.17, 15) is 4.79 Å². The first-order valence-corrected chi connectivity index (χ1v) is 11.2. The second kappa shape index (κ2) is 10.2. The van der Waals surface area contributed by atoms with Crippen LogP contribution in [0.3, 0.4) is 0 Å². The summed E-state index contributed by atoms with van der Waals surface area (Å²) in [6.07, 6.45) is 6.88. The first kappa shape index (κ1) is 22.3. The van der Waals surface area contributed by atoms with E-state index in [2.05, 4.69) is 18.2 Å². The van der Waals surface area contributed by atoms with Crippen LogP contribution in [0.2, 0.25) is 0 Å². The van der Waals surface area contributed by atoms with Crippen molar-refractivity contribution in [2.24, 2.45) is 0 Å². The molecule has 1 heterocycles. The maximum atomic E-state index is 13.3. The number of ether oxygens (including phenoxy) is 1. The first-order valence-electron chi connectivity index (χ1n) is 11.2. The van der Waals surface area contributed by atoms with Crippen molar-refractivity contribution in [3.63, 3.8) is 0 Å². The van der Waals surface area contributed by atoms with E-state index in [4.69, 9.17) is 9.15 Å². The Balaban J connectivity index is 1.86. The quantitative estimate of drug-likeness (QED) is 0.284. The van der Waals surface area contributed by atoms with Gasteiger partial charge in [-0.25, -0.2) is 0 Å². The van der Waals surface area contributed by atoms with E-state index in [1.165, 1.54) is 11.1 Å². The number of hydrogen-bond acceptors (Lipinski definition) is 3. The number of allylic oxidation sites excluding steroid dienone is 2. The molecule has 0 radical (unpaired) electrons. The summed E-state index contributed by atoms with van der Waals surface area (Å²) in [6.45, 7) is 6.35. The smallest absolute Gasteiger partial charge is 0.196 e. The average molecular weight is 437 g/mol. The van der Waals surface area contributed by atoms with Crippen molar-refractivity contribution in [2.75, 3.05) is 6.61 Å². The van der Waals surface area contributed by atoms with Crippen LogP contribution < -0.4 is 10.2 Å². The molecule has 0 saturated heterocycles. The predicted molar refractivity (Wildman–Crippen MR) is 137 cm³/mol. The Morgan fingerprint density at radius 3 is 2.33 bits per heavy atom. The molecular weight excluding hydrogens is 408 g/mol. The molecule has 0 fully saturated rings. The van der Waals surface area contributed by atoms with Gasteiger partial charge in [-0.3, -0.25) is 4.79 Å². The highest BCUT2D eigenvalue weighted by Crippen LogP contribution is 2.33. The summed E-state index contributed by atoms with van der Waals surface area (Å²) < 4.78 is 12.5. The highest BCUT2D eigenvalue weighted by molar-refractivity contribution is 5.90. The van der Waals surface area contributed by atoms with E-state index in [0.717, 1.165) is 17.5 Å². The van der Waals surface area contributed by atoms with Crippen LogP contribution in [-0.4, -0.2) is 6.61 Å². The highest BCUT2D eigenvalue weighted by atomic mass is 16.5. The zero-order valence-electron chi connectivity index (χ0n) is 19.3. The molecule has 1 aromatic heterocycles. The predicted octanol–water partition coefficient (Wildman–Crippen LogP) is 7.37. The molecule has 4 rings (SSSR count). The molecular formula is C30H28O3. The molecule has 33 heavy (non-hydrogen) atoms. The molecule has 0 atom stereocenters. The molecule has 0 amide bonds. The largest absolute Gasteiger partial charge is 0.489 e. The molecule has 3 nitrogen and oxygen atoms in total. The van der Waals surface area contributed by atoms with Crippen molar-refractivity contribution in [1.82, 2.24) is 0 Å². The lowest BCUT2D eigenvalue weighted by molar-refractivity contribution is 0.361. The molecule has 0 aliphatic heterocycles. The third-order valence-corrected chi connectivity index (χ3v) is 5.53. The van der Waals surface area contributed by atoms with Gasteiger partial charge in [0, 0.05) is 11.1 Å². The van der Waals surface area contributed by atoms with Crippen LogP contribution in [0.4, 0.5) is 0 Å². The second-order valence-corrected chi connectivity index (χ2v) is 8.29. The maximum Gasteiger partial charge on any atom is 0.196 e. The second-order valence-electron chi connectivity index (χ2n) is 8.29. The lowest BCUT2D eigenvalue weighted by Gasteiger charge is -2.13. The molecule has 4 aromatic rings. The standard InChI is InChI=1S/C30H28O3/c1-21(2)19-20-32-27-18-17-26-28(31)22(3)29(24-14-8-5-9-15-24)33-30(26)25(27)16-10-13-23-11-6-4-7-12-23/h4-12,14-19H,13,20H2,1-3H3. The molecule has 3 aromatic carbocycles. The van der Waals surface area contributed by atoms with Crippen LogP contribution >= 0.6 is 0 Å². The third kappa shape index (κ3) is 5.15. The van der Waals surface area contributed by atoms with Crippen molar-refractivity contribution in [2.45, 2.75) is 27.2 Å². The minimum Gasteiger partial charge on any atom is -0.489 e. The minimum atomic E-state index is -0.0244. The van der Waals surface area contributed by atoms with E-state index in [1.807, 2.05) is 87.5 Å². The minimum absolute atomic E-state index is 0.0244. The van der Waals surface area contributed by atoms with Gasteiger partial charge in [0.1, 0.15) is 23.7 Å². The van der Waals surface area contributed by atoms with Crippen LogP contribution in [0.5, 0.6) is 5.75 Å². The Morgan fingerprint density at radius 2 is 1.64 bits per heavy atom. The topological polar surface area (TPSA) is 39.4 Å². The summed E-state index contributed by atoms with van der Waals surface area (Å²) in [5.41, 5.74) is 5.18. The van der Waals surface area contributed by atoms with Crippen molar-refractivity contribution >= 4 is 17.0 Å². The third-order valence-electron chi connectivity index (χ3n) is 5.53. The van der Waals surface area contributed by atoms with E-state index in [0.29, 0.717) is 34.6 Å². The molecule has 3 heteroatoms. The number of hydrogen-bond donors (Lipinski definition) is 0. The lowest BCUT2D eigenvalue weighted by Crippen LogP contribution is -2.08. The molecule has 0 bridgehead atoms. The van der Waals surface area contributed by atoms with Gasteiger partial charge < -0.3 is 9.15 Å². The van der Waals surface area contributed by atoms with E-state index in [-0.39, 0.29) is 5.43 Å². The molecule has 0 spiro atoms. The van der Waals surface area contributed by atoms with Gasteiger partial charge >= 0.3 is 0 Å². The average Bonchev–Trinajstić information content (AvgIpc) is 2.83. The molecule has 0 saturated carbocycles. The Kier molecular flexibility index (Phi) is 6.89. The van der Waals surface area contributed by atoms with Crippen LogP contribution in [-0.2, 0) is 6.42 Å². The van der Waals surface area contributed by atoms with Crippen molar-refractivity contribution in [3.8, 4) is 17.1 Å². The number of rotatable bonds is 7. The van der Waals surface area contributed by atoms with Crippen molar-refractivity contribution < 1.29 is 9.15 Å². The lowest BCUT2D eigenvalue weighted by atomic mass is 10.0.